The first kappa shape index (κ1) is 17.9. The number of nitrogens with one attached hydrogen (secondary N) is 1. The smallest absolute Gasteiger partial charge is 0.273 e. The van der Waals surface area contributed by atoms with E-state index < -0.39 is 11.9 Å². The Morgan fingerprint density at radius 1 is 1.14 bits per heavy atom. The molecule has 9 heteroatoms. The van der Waals surface area contributed by atoms with E-state index in [0.29, 0.717) is 5.56 Å². The Balaban J connectivity index is 2.34. The van der Waals surface area contributed by atoms with Crippen molar-refractivity contribution in [2.45, 2.75) is 6.04 Å². The van der Waals surface area contributed by atoms with Crippen molar-refractivity contribution in [1.82, 2.24) is 9.69 Å². The number of hydrogen-bond donors (Lipinski definition) is 1. The van der Waals surface area contributed by atoms with Crippen molar-refractivity contribution < 1.29 is 4.79 Å². The maximum atomic E-state index is 12.3. The SMILES string of the molecule is O=C(NC(C(Cl)=C(Cl)Cl)c1ccccc1)c1nsc(Cl)c1Cl. The van der Waals surface area contributed by atoms with Gasteiger partial charge in [-0.25, -0.2) is 0 Å². The van der Waals surface area contributed by atoms with Crippen LogP contribution in [0.1, 0.15) is 22.1 Å². The summed E-state index contributed by atoms with van der Waals surface area (Å²) in [5.74, 6) is -0.533. The second kappa shape index (κ2) is 7.86. The second-order valence-electron chi connectivity index (χ2n) is 4.04. The lowest BCUT2D eigenvalue weighted by molar-refractivity contribution is 0.0939. The molecule has 1 heterocycles. The van der Waals surface area contributed by atoms with Crippen LogP contribution in [0.4, 0.5) is 0 Å². The zero-order valence-corrected chi connectivity index (χ0v) is 15.2. The fourth-order valence-corrected chi connectivity index (χ4v) is 3.04. The summed E-state index contributed by atoms with van der Waals surface area (Å²) in [7, 11) is 0. The van der Waals surface area contributed by atoms with E-state index in [1.165, 1.54) is 0 Å². The molecule has 0 fully saturated rings. The maximum Gasteiger partial charge on any atom is 0.273 e. The molecule has 0 aliphatic heterocycles. The first-order chi connectivity index (χ1) is 10.4. The van der Waals surface area contributed by atoms with Gasteiger partial charge in [0, 0.05) is 0 Å². The fraction of sp³-hybridized carbons (Fsp3) is 0.0769. The molecule has 0 saturated heterocycles. The standard InChI is InChI=1S/C13H7Cl5N2OS/c14-7(11(16)17)9(6-4-2-1-3-5-6)19-13(21)10-8(15)12(18)22-20-10/h1-5,9H,(H,19,21). The Kier molecular flexibility index (Phi) is 6.38. The Morgan fingerprint density at radius 3 is 2.27 bits per heavy atom. The molecule has 1 amide bonds. The Morgan fingerprint density at radius 2 is 1.77 bits per heavy atom. The molecule has 0 spiro atoms. The Labute approximate surface area is 155 Å². The van der Waals surface area contributed by atoms with Crippen LogP contribution in [0.25, 0.3) is 0 Å². The average Bonchev–Trinajstić information content (AvgIpc) is 2.84. The van der Waals surface area contributed by atoms with Crippen molar-refractivity contribution in [3.05, 3.63) is 60.5 Å². The Hall–Kier alpha value is -0.490. The molecule has 1 aromatic carbocycles. The van der Waals surface area contributed by atoms with Gasteiger partial charge >= 0.3 is 0 Å². The number of benzene rings is 1. The second-order valence-corrected chi connectivity index (χ2v) is 7.15. The highest BCUT2D eigenvalue weighted by Crippen LogP contribution is 2.33. The van der Waals surface area contributed by atoms with E-state index in [2.05, 4.69) is 9.69 Å². The van der Waals surface area contributed by atoms with Crippen LogP contribution in [0.5, 0.6) is 0 Å². The molecular formula is C13H7Cl5N2OS. The van der Waals surface area contributed by atoms with Gasteiger partial charge in [0.1, 0.15) is 13.9 Å². The molecule has 22 heavy (non-hydrogen) atoms. The van der Waals surface area contributed by atoms with Gasteiger partial charge in [-0.3, -0.25) is 4.79 Å². The predicted molar refractivity (Wildman–Crippen MR) is 93.4 cm³/mol. The fourth-order valence-electron chi connectivity index (χ4n) is 1.65. The first-order valence-electron chi connectivity index (χ1n) is 5.79. The minimum absolute atomic E-state index is 0.0211. The van der Waals surface area contributed by atoms with Gasteiger partial charge in [0.05, 0.1) is 11.1 Å². The van der Waals surface area contributed by atoms with E-state index in [4.69, 9.17) is 58.0 Å². The van der Waals surface area contributed by atoms with E-state index in [-0.39, 0.29) is 24.6 Å². The number of rotatable bonds is 4. The van der Waals surface area contributed by atoms with Gasteiger partial charge in [-0.2, -0.15) is 4.37 Å². The molecule has 2 rings (SSSR count). The molecule has 0 saturated carbocycles. The van der Waals surface area contributed by atoms with Crippen molar-refractivity contribution in [2.24, 2.45) is 0 Å². The minimum atomic E-state index is -0.725. The van der Waals surface area contributed by atoms with Crippen LogP contribution in [0, 0.1) is 0 Å². The third-order valence-electron chi connectivity index (χ3n) is 2.65. The quantitative estimate of drug-likeness (QED) is 0.684. The molecule has 1 N–H and O–H groups in total. The number of nitrogens with zero attached hydrogens (tertiary/aromatic N) is 1. The summed E-state index contributed by atoms with van der Waals surface area (Å²) < 4.78 is 4.00. The van der Waals surface area contributed by atoms with Crippen LogP contribution in [-0.4, -0.2) is 10.3 Å². The van der Waals surface area contributed by atoms with Crippen LogP contribution in [0.15, 0.2) is 39.9 Å². The molecule has 1 aromatic heterocycles. The highest BCUT2D eigenvalue weighted by atomic mass is 35.5. The lowest BCUT2D eigenvalue weighted by atomic mass is 10.1. The lowest BCUT2D eigenvalue weighted by Crippen LogP contribution is -2.29. The highest BCUT2D eigenvalue weighted by molar-refractivity contribution is 7.11. The van der Waals surface area contributed by atoms with Gasteiger partial charge in [0.25, 0.3) is 5.91 Å². The van der Waals surface area contributed by atoms with Crippen LogP contribution < -0.4 is 5.32 Å². The zero-order valence-electron chi connectivity index (χ0n) is 10.6. The molecule has 1 atom stereocenters. The van der Waals surface area contributed by atoms with Crippen molar-refractivity contribution in [2.75, 3.05) is 0 Å². The summed E-state index contributed by atoms with van der Waals surface area (Å²) in [6.45, 7) is 0. The minimum Gasteiger partial charge on any atom is -0.339 e. The van der Waals surface area contributed by atoms with Crippen molar-refractivity contribution >= 4 is 75.4 Å². The molecule has 0 aliphatic carbocycles. The van der Waals surface area contributed by atoms with E-state index in [1.54, 1.807) is 24.3 Å². The number of aromatic nitrogens is 1. The van der Waals surface area contributed by atoms with E-state index in [1.807, 2.05) is 6.07 Å². The third kappa shape index (κ3) is 4.07. The van der Waals surface area contributed by atoms with E-state index in [9.17, 15) is 4.79 Å². The zero-order chi connectivity index (χ0) is 16.3. The largest absolute Gasteiger partial charge is 0.339 e. The topological polar surface area (TPSA) is 42.0 Å². The predicted octanol–water partition coefficient (Wildman–Crippen LogP) is 5.81. The third-order valence-corrected chi connectivity index (χ3v) is 5.27. The van der Waals surface area contributed by atoms with Gasteiger partial charge in [0.2, 0.25) is 0 Å². The molecule has 0 bridgehead atoms. The summed E-state index contributed by atoms with van der Waals surface area (Å²) in [6.07, 6.45) is 0. The molecule has 3 nitrogen and oxygen atoms in total. The monoisotopic (exact) mass is 414 g/mol. The molecule has 1 unspecified atom stereocenters. The van der Waals surface area contributed by atoms with Crippen LogP contribution in [0.3, 0.4) is 0 Å². The van der Waals surface area contributed by atoms with Gasteiger partial charge in [-0.1, -0.05) is 88.3 Å². The first-order valence-corrected chi connectivity index (χ1v) is 8.45. The van der Waals surface area contributed by atoms with Gasteiger partial charge < -0.3 is 5.32 Å². The number of halogens is 5. The van der Waals surface area contributed by atoms with Crippen molar-refractivity contribution in [1.29, 1.82) is 0 Å². The molecule has 116 valence electrons. The average molecular weight is 417 g/mol. The van der Waals surface area contributed by atoms with E-state index >= 15 is 0 Å². The van der Waals surface area contributed by atoms with Crippen LogP contribution in [0.2, 0.25) is 9.36 Å². The van der Waals surface area contributed by atoms with Crippen LogP contribution in [-0.2, 0) is 0 Å². The molecular weight excluding hydrogens is 409 g/mol. The lowest BCUT2D eigenvalue weighted by Gasteiger charge is -2.18. The van der Waals surface area contributed by atoms with Crippen LogP contribution >= 0.6 is 69.5 Å². The summed E-state index contributed by atoms with van der Waals surface area (Å²) in [6, 6.07) is 8.26. The normalized spacial score (nSPS) is 11.9. The summed E-state index contributed by atoms with van der Waals surface area (Å²) >= 11 is 30.3. The van der Waals surface area contributed by atoms with E-state index in [0.717, 1.165) is 11.5 Å². The summed E-state index contributed by atoms with van der Waals surface area (Å²) in [5, 5.41) is 2.86. The highest BCUT2D eigenvalue weighted by Gasteiger charge is 2.24. The van der Waals surface area contributed by atoms with Gasteiger partial charge in [-0.05, 0) is 17.1 Å². The molecule has 2 aromatic rings. The number of carbonyl (C=O) groups is 1. The Bertz CT molecular complexity index is 712. The number of hydrogen-bond acceptors (Lipinski definition) is 3. The molecule has 0 radical (unpaired) electrons. The van der Waals surface area contributed by atoms with Crippen molar-refractivity contribution in [3.63, 3.8) is 0 Å². The maximum absolute atomic E-state index is 12.3. The van der Waals surface area contributed by atoms with Gasteiger partial charge in [0.15, 0.2) is 5.69 Å². The van der Waals surface area contributed by atoms with Crippen molar-refractivity contribution in [3.8, 4) is 0 Å². The molecule has 0 aliphatic rings. The van der Waals surface area contributed by atoms with Gasteiger partial charge in [-0.15, -0.1) is 0 Å². The number of carbonyl (C=O) groups excluding carboxylic acids is 1. The summed E-state index contributed by atoms with van der Waals surface area (Å²) in [5.41, 5.74) is 0.727. The summed E-state index contributed by atoms with van der Waals surface area (Å²) in [4.78, 5) is 12.3. The number of amides is 1.